The van der Waals surface area contributed by atoms with Gasteiger partial charge in [0.05, 0.1) is 13.5 Å². The van der Waals surface area contributed by atoms with Crippen LogP contribution in [0.5, 0.6) is 0 Å². The predicted octanol–water partition coefficient (Wildman–Crippen LogP) is 1.95. The molecule has 3 unspecified atom stereocenters. The van der Waals surface area contributed by atoms with Crippen LogP contribution >= 0.6 is 0 Å². The molecule has 0 heterocycles. The molecule has 0 aliphatic heterocycles. The summed E-state index contributed by atoms with van der Waals surface area (Å²) in [5.41, 5.74) is 5.84. The summed E-state index contributed by atoms with van der Waals surface area (Å²) in [6, 6.07) is 0. The lowest BCUT2D eigenvalue weighted by Gasteiger charge is -2.41. The number of hydrogen-bond acceptors (Lipinski definition) is 3. The molecule has 0 aromatic rings. The molecule has 1 rings (SSSR count). The SMILES string of the molecule is COC(=O)CC1(CN)CCC(C)C(C)C1. The van der Waals surface area contributed by atoms with Gasteiger partial charge in [-0.3, -0.25) is 4.79 Å². The van der Waals surface area contributed by atoms with Gasteiger partial charge < -0.3 is 10.5 Å². The maximum Gasteiger partial charge on any atom is 0.306 e. The first-order chi connectivity index (χ1) is 7.03. The second kappa shape index (κ2) is 4.97. The number of methoxy groups -OCH3 is 1. The van der Waals surface area contributed by atoms with E-state index in [4.69, 9.17) is 10.5 Å². The fourth-order valence-corrected chi connectivity index (χ4v) is 2.60. The number of nitrogens with two attached hydrogens (primary N) is 1. The van der Waals surface area contributed by atoms with E-state index < -0.39 is 0 Å². The van der Waals surface area contributed by atoms with Crippen molar-refractivity contribution in [3.8, 4) is 0 Å². The minimum atomic E-state index is -0.123. The summed E-state index contributed by atoms with van der Waals surface area (Å²) >= 11 is 0. The molecule has 2 N–H and O–H groups in total. The zero-order valence-corrected chi connectivity index (χ0v) is 10.1. The molecule has 88 valence electrons. The molecule has 0 radical (unpaired) electrons. The molecule has 1 aliphatic carbocycles. The van der Waals surface area contributed by atoms with Crippen LogP contribution in [0.25, 0.3) is 0 Å². The van der Waals surface area contributed by atoms with Gasteiger partial charge in [-0.25, -0.2) is 0 Å². The van der Waals surface area contributed by atoms with Crippen LogP contribution in [0.3, 0.4) is 0 Å². The van der Waals surface area contributed by atoms with Crippen molar-refractivity contribution in [2.24, 2.45) is 23.0 Å². The smallest absolute Gasteiger partial charge is 0.306 e. The Bertz CT molecular complexity index is 230. The summed E-state index contributed by atoms with van der Waals surface area (Å²) in [6.45, 7) is 5.13. The molecule has 1 saturated carbocycles. The van der Waals surface area contributed by atoms with Crippen molar-refractivity contribution in [2.75, 3.05) is 13.7 Å². The van der Waals surface area contributed by atoms with E-state index in [-0.39, 0.29) is 11.4 Å². The second-order valence-corrected chi connectivity index (χ2v) is 5.15. The zero-order valence-electron chi connectivity index (χ0n) is 10.1. The van der Waals surface area contributed by atoms with Gasteiger partial charge in [-0.15, -0.1) is 0 Å². The molecule has 15 heavy (non-hydrogen) atoms. The van der Waals surface area contributed by atoms with Crippen molar-refractivity contribution in [3.63, 3.8) is 0 Å². The molecular weight excluding hydrogens is 190 g/mol. The van der Waals surface area contributed by atoms with Gasteiger partial charge in [-0.05, 0) is 43.1 Å². The van der Waals surface area contributed by atoms with Crippen molar-refractivity contribution < 1.29 is 9.53 Å². The molecule has 1 aliphatic rings. The summed E-state index contributed by atoms with van der Waals surface area (Å²) in [4.78, 5) is 11.4. The second-order valence-electron chi connectivity index (χ2n) is 5.15. The third kappa shape index (κ3) is 2.94. The highest BCUT2D eigenvalue weighted by atomic mass is 16.5. The summed E-state index contributed by atoms with van der Waals surface area (Å²) < 4.78 is 4.75. The lowest BCUT2D eigenvalue weighted by molar-refractivity contribution is -0.144. The molecule has 0 bridgehead atoms. The zero-order chi connectivity index (χ0) is 11.5. The number of carbonyl (C=O) groups is 1. The lowest BCUT2D eigenvalue weighted by Crippen LogP contribution is -2.39. The Kier molecular flexibility index (Phi) is 4.14. The van der Waals surface area contributed by atoms with Crippen molar-refractivity contribution in [3.05, 3.63) is 0 Å². The molecule has 0 aromatic carbocycles. The first-order valence-electron chi connectivity index (χ1n) is 5.80. The predicted molar refractivity (Wildman–Crippen MR) is 60.3 cm³/mol. The summed E-state index contributed by atoms with van der Waals surface area (Å²) in [5, 5.41) is 0. The Morgan fingerprint density at radius 1 is 1.47 bits per heavy atom. The average Bonchev–Trinajstić information content (AvgIpc) is 2.23. The van der Waals surface area contributed by atoms with Crippen LogP contribution in [0.4, 0.5) is 0 Å². The Morgan fingerprint density at radius 2 is 2.13 bits per heavy atom. The minimum absolute atomic E-state index is 0.000972. The van der Waals surface area contributed by atoms with Crippen molar-refractivity contribution in [1.29, 1.82) is 0 Å². The van der Waals surface area contributed by atoms with Crippen LogP contribution in [0.2, 0.25) is 0 Å². The van der Waals surface area contributed by atoms with Crippen LogP contribution in [0, 0.1) is 17.3 Å². The van der Waals surface area contributed by atoms with Gasteiger partial charge >= 0.3 is 5.97 Å². The van der Waals surface area contributed by atoms with Gasteiger partial charge in [0.2, 0.25) is 0 Å². The largest absolute Gasteiger partial charge is 0.469 e. The highest BCUT2D eigenvalue weighted by Crippen LogP contribution is 2.43. The van der Waals surface area contributed by atoms with E-state index in [1.807, 2.05) is 0 Å². The Labute approximate surface area is 92.4 Å². The summed E-state index contributed by atoms with van der Waals surface area (Å²) in [7, 11) is 1.45. The van der Waals surface area contributed by atoms with Crippen LogP contribution in [-0.4, -0.2) is 19.6 Å². The van der Waals surface area contributed by atoms with Crippen molar-refractivity contribution in [1.82, 2.24) is 0 Å². The standard InChI is InChI=1S/C12H23NO2/c1-9-4-5-12(8-13,6-10(9)2)7-11(14)15-3/h9-10H,4-8,13H2,1-3H3. The molecule has 1 fully saturated rings. The number of carbonyl (C=O) groups excluding carboxylic acids is 1. The van der Waals surface area contributed by atoms with Crippen LogP contribution < -0.4 is 5.73 Å². The highest BCUT2D eigenvalue weighted by Gasteiger charge is 2.38. The Balaban J connectivity index is 2.65. The molecule has 3 atom stereocenters. The minimum Gasteiger partial charge on any atom is -0.469 e. The molecule has 3 nitrogen and oxygen atoms in total. The lowest BCUT2D eigenvalue weighted by atomic mass is 9.65. The fourth-order valence-electron chi connectivity index (χ4n) is 2.60. The van der Waals surface area contributed by atoms with E-state index in [0.717, 1.165) is 18.8 Å². The normalized spacial score (nSPS) is 36.3. The molecular formula is C12H23NO2. The third-order valence-corrected chi connectivity index (χ3v) is 4.04. The van der Waals surface area contributed by atoms with E-state index in [9.17, 15) is 4.79 Å². The number of rotatable bonds is 3. The number of hydrogen-bond donors (Lipinski definition) is 1. The molecule has 0 aromatic heterocycles. The van der Waals surface area contributed by atoms with Crippen LogP contribution in [-0.2, 0) is 9.53 Å². The Hall–Kier alpha value is -0.570. The van der Waals surface area contributed by atoms with Gasteiger partial charge in [0.15, 0.2) is 0 Å². The topological polar surface area (TPSA) is 52.3 Å². The van der Waals surface area contributed by atoms with E-state index in [1.54, 1.807) is 0 Å². The van der Waals surface area contributed by atoms with Gasteiger partial charge in [0.1, 0.15) is 0 Å². The monoisotopic (exact) mass is 213 g/mol. The van der Waals surface area contributed by atoms with E-state index in [2.05, 4.69) is 13.8 Å². The first-order valence-corrected chi connectivity index (χ1v) is 5.80. The molecule has 0 saturated heterocycles. The third-order valence-electron chi connectivity index (χ3n) is 4.04. The van der Waals surface area contributed by atoms with Gasteiger partial charge in [-0.1, -0.05) is 13.8 Å². The summed E-state index contributed by atoms with van der Waals surface area (Å²) in [5.74, 6) is 1.29. The van der Waals surface area contributed by atoms with Crippen molar-refractivity contribution in [2.45, 2.75) is 39.5 Å². The number of ether oxygens (including phenoxy) is 1. The van der Waals surface area contributed by atoms with Crippen molar-refractivity contribution >= 4 is 5.97 Å². The first kappa shape index (κ1) is 12.5. The van der Waals surface area contributed by atoms with Crippen LogP contribution in [0.1, 0.15) is 39.5 Å². The Morgan fingerprint density at radius 3 is 2.60 bits per heavy atom. The maximum absolute atomic E-state index is 11.4. The fraction of sp³-hybridized carbons (Fsp3) is 0.917. The molecule has 3 heteroatoms. The van der Waals surface area contributed by atoms with E-state index in [1.165, 1.54) is 13.5 Å². The average molecular weight is 213 g/mol. The van der Waals surface area contributed by atoms with Gasteiger partial charge in [0.25, 0.3) is 0 Å². The maximum atomic E-state index is 11.4. The van der Waals surface area contributed by atoms with Gasteiger partial charge in [0, 0.05) is 0 Å². The summed E-state index contributed by atoms with van der Waals surface area (Å²) in [6.07, 6.45) is 3.77. The quantitative estimate of drug-likeness (QED) is 0.729. The highest BCUT2D eigenvalue weighted by molar-refractivity contribution is 5.70. The van der Waals surface area contributed by atoms with E-state index >= 15 is 0 Å². The van der Waals surface area contributed by atoms with Crippen LogP contribution in [0.15, 0.2) is 0 Å². The molecule has 0 spiro atoms. The number of esters is 1. The molecule has 0 amide bonds. The van der Waals surface area contributed by atoms with E-state index in [0.29, 0.717) is 18.9 Å². The van der Waals surface area contributed by atoms with Gasteiger partial charge in [-0.2, -0.15) is 0 Å².